The Kier molecular flexibility index (Phi) is 5.18. The summed E-state index contributed by atoms with van der Waals surface area (Å²) in [7, 11) is 0. The third-order valence-corrected chi connectivity index (χ3v) is 4.22. The molecule has 0 aromatic carbocycles. The second-order valence-electron chi connectivity index (χ2n) is 5.90. The fourth-order valence-corrected chi connectivity index (χ4v) is 3.09. The second-order valence-corrected chi connectivity index (χ2v) is 5.90. The van der Waals surface area contributed by atoms with Crippen molar-refractivity contribution < 1.29 is 27.5 Å². The van der Waals surface area contributed by atoms with Crippen LogP contribution in [0.3, 0.4) is 0 Å². The Bertz CT molecular complexity index is 428. The minimum absolute atomic E-state index is 0.106. The number of likely N-dealkylation sites (tertiary alicyclic amines) is 2. The molecule has 2 saturated heterocycles. The van der Waals surface area contributed by atoms with Gasteiger partial charge in [-0.05, 0) is 39.0 Å². The smallest absolute Gasteiger partial charge is 0.422 e. The Balaban J connectivity index is 1.97. The molecular weight excluding hydrogens is 301 g/mol. The molecule has 5 nitrogen and oxygen atoms in total. The van der Waals surface area contributed by atoms with E-state index in [1.54, 1.807) is 4.90 Å². The summed E-state index contributed by atoms with van der Waals surface area (Å²) in [5.41, 5.74) is 0. The number of hydrogen-bond donors (Lipinski definition) is 0. The fourth-order valence-electron chi connectivity index (χ4n) is 3.09. The van der Waals surface area contributed by atoms with Crippen molar-refractivity contribution >= 4 is 12.0 Å². The van der Waals surface area contributed by atoms with Crippen LogP contribution >= 0.6 is 0 Å². The van der Waals surface area contributed by atoms with Gasteiger partial charge in [-0.1, -0.05) is 0 Å². The van der Waals surface area contributed by atoms with Crippen LogP contribution < -0.4 is 0 Å². The molecule has 0 aliphatic carbocycles. The molecule has 2 rings (SSSR count). The lowest BCUT2D eigenvalue weighted by molar-refractivity contribution is -0.163. The van der Waals surface area contributed by atoms with E-state index in [0.717, 1.165) is 24.2 Å². The SMILES string of the molecule is C[C@H]1CCCCN1C(=O)[C@@H]1CCCN1C(=O)OCC(F)(F)F. The van der Waals surface area contributed by atoms with Crippen molar-refractivity contribution in [1.29, 1.82) is 0 Å². The number of carbonyl (C=O) groups excluding carboxylic acids is 2. The van der Waals surface area contributed by atoms with Gasteiger partial charge >= 0.3 is 12.3 Å². The number of carbonyl (C=O) groups is 2. The van der Waals surface area contributed by atoms with E-state index < -0.39 is 24.9 Å². The molecule has 126 valence electrons. The number of rotatable bonds is 2. The van der Waals surface area contributed by atoms with Gasteiger partial charge in [0.05, 0.1) is 0 Å². The summed E-state index contributed by atoms with van der Waals surface area (Å²) >= 11 is 0. The number of alkyl halides is 3. The van der Waals surface area contributed by atoms with Crippen LogP contribution in [0.15, 0.2) is 0 Å². The van der Waals surface area contributed by atoms with Crippen LogP contribution in [0.2, 0.25) is 0 Å². The Morgan fingerprint density at radius 3 is 2.41 bits per heavy atom. The number of piperidine rings is 1. The lowest BCUT2D eigenvalue weighted by Gasteiger charge is -2.36. The Morgan fingerprint density at radius 1 is 1.09 bits per heavy atom. The first-order chi connectivity index (χ1) is 10.3. The fraction of sp³-hybridized carbons (Fsp3) is 0.857. The summed E-state index contributed by atoms with van der Waals surface area (Å²) in [6, 6.07) is -0.587. The van der Waals surface area contributed by atoms with Crippen LogP contribution in [0.25, 0.3) is 0 Å². The van der Waals surface area contributed by atoms with Gasteiger partial charge < -0.3 is 9.64 Å². The van der Waals surface area contributed by atoms with E-state index in [2.05, 4.69) is 4.74 Å². The third kappa shape index (κ3) is 4.04. The van der Waals surface area contributed by atoms with Crippen LogP contribution in [0, 0.1) is 0 Å². The third-order valence-electron chi connectivity index (χ3n) is 4.22. The van der Waals surface area contributed by atoms with Crippen LogP contribution in [0.5, 0.6) is 0 Å². The zero-order valence-corrected chi connectivity index (χ0v) is 12.6. The highest BCUT2D eigenvalue weighted by molar-refractivity contribution is 5.86. The van der Waals surface area contributed by atoms with E-state index in [-0.39, 0.29) is 18.5 Å². The molecule has 2 atom stereocenters. The zero-order chi connectivity index (χ0) is 16.3. The van der Waals surface area contributed by atoms with Gasteiger partial charge in [0.2, 0.25) is 5.91 Å². The summed E-state index contributed by atoms with van der Waals surface area (Å²) in [6.07, 6.45) is -1.65. The van der Waals surface area contributed by atoms with Crippen molar-refractivity contribution in [3.05, 3.63) is 0 Å². The topological polar surface area (TPSA) is 49.9 Å². The normalized spacial score (nSPS) is 26.2. The van der Waals surface area contributed by atoms with Crippen molar-refractivity contribution in [3.63, 3.8) is 0 Å². The molecule has 0 saturated carbocycles. The monoisotopic (exact) mass is 322 g/mol. The zero-order valence-electron chi connectivity index (χ0n) is 12.6. The number of ether oxygens (including phenoxy) is 1. The van der Waals surface area contributed by atoms with Gasteiger partial charge in [-0.2, -0.15) is 13.2 Å². The molecule has 0 unspecified atom stereocenters. The molecule has 2 fully saturated rings. The van der Waals surface area contributed by atoms with Gasteiger partial charge in [-0.25, -0.2) is 4.79 Å². The summed E-state index contributed by atoms with van der Waals surface area (Å²) in [6.45, 7) is 1.24. The van der Waals surface area contributed by atoms with Gasteiger partial charge in [0.15, 0.2) is 6.61 Å². The molecule has 22 heavy (non-hydrogen) atoms. The van der Waals surface area contributed by atoms with E-state index in [0.29, 0.717) is 19.4 Å². The molecule has 2 heterocycles. The first-order valence-electron chi connectivity index (χ1n) is 7.60. The molecule has 0 aromatic heterocycles. The molecule has 0 bridgehead atoms. The Morgan fingerprint density at radius 2 is 1.77 bits per heavy atom. The summed E-state index contributed by atoms with van der Waals surface area (Å²) in [5.74, 6) is -0.173. The van der Waals surface area contributed by atoms with Gasteiger partial charge in [0, 0.05) is 19.1 Å². The Labute approximate surface area is 127 Å². The molecule has 0 spiro atoms. The van der Waals surface area contributed by atoms with Crippen molar-refractivity contribution in [2.24, 2.45) is 0 Å². The minimum atomic E-state index is -4.56. The number of halogens is 3. The van der Waals surface area contributed by atoms with Crippen LogP contribution in [0.1, 0.15) is 39.0 Å². The van der Waals surface area contributed by atoms with E-state index in [1.807, 2.05) is 6.92 Å². The predicted octanol–water partition coefficient (Wildman–Crippen LogP) is 2.55. The highest BCUT2D eigenvalue weighted by Crippen LogP contribution is 2.25. The van der Waals surface area contributed by atoms with Crippen molar-refractivity contribution in [3.8, 4) is 0 Å². The lowest BCUT2D eigenvalue weighted by atomic mass is 10.0. The summed E-state index contributed by atoms with van der Waals surface area (Å²) in [5, 5.41) is 0. The molecule has 0 N–H and O–H groups in total. The van der Waals surface area contributed by atoms with Crippen LogP contribution in [-0.4, -0.2) is 59.8 Å². The van der Waals surface area contributed by atoms with E-state index >= 15 is 0 Å². The predicted molar refractivity (Wildman–Crippen MR) is 72.2 cm³/mol. The molecular formula is C14H21F3N2O3. The van der Waals surface area contributed by atoms with Crippen LogP contribution in [0.4, 0.5) is 18.0 Å². The maximum atomic E-state index is 12.6. The lowest BCUT2D eigenvalue weighted by Crippen LogP contribution is -2.52. The molecule has 0 aromatic rings. The second kappa shape index (κ2) is 6.75. The number of nitrogens with zero attached hydrogens (tertiary/aromatic N) is 2. The quantitative estimate of drug-likeness (QED) is 0.785. The van der Waals surface area contributed by atoms with Gasteiger partial charge in [-0.15, -0.1) is 0 Å². The first kappa shape index (κ1) is 16.9. The molecule has 8 heteroatoms. The van der Waals surface area contributed by atoms with E-state index in [1.165, 1.54) is 0 Å². The summed E-state index contributed by atoms with van der Waals surface area (Å²) < 4.78 is 40.7. The van der Waals surface area contributed by atoms with Crippen molar-refractivity contribution in [2.75, 3.05) is 19.7 Å². The van der Waals surface area contributed by atoms with Gasteiger partial charge in [0.25, 0.3) is 0 Å². The van der Waals surface area contributed by atoms with Crippen molar-refractivity contribution in [2.45, 2.75) is 57.3 Å². The molecule has 2 aliphatic rings. The number of amides is 2. The highest BCUT2D eigenvalue weighted by atomic mass is 19.4. The maximum absolute atomic E-state index is 12.6. The average Bonchev–Trinajstić information content (AvgIpc) is 2.93. The maximum Gasteiger partial charge on any atom is 0.422 e. The van der Waals surface area contributed by atoms with Crippen molar-refractivity contribution in [1.82, 2.24) is 9.80 Å². The first-order valence-corrected chi connectivity index (χ1v) is 7.60. The highest BCUT2D eigenvalue weighted by Gasteiger charge is 2.40. The minimum Gasteiger partial charge on any atom is -0.440 e. The Hall–Kier alpha value is -1.47. The standard InChI is InChI=1S/C14H21F3N2O3/c1-10-5-2-3-7-18(10)12(20)11-6-4-8-19(11)13(21)22-9-14(15,16)17/h10-11H,2-9H2,1H3/t10-,11-/m0/s1. The van der Waals surface area contributed by atoms with E-state index in [4.69, 9.17) is 0 Å². The van der Waals surface area contributed by atoms with Crippen LogP contribution in [-0.2, 0) is 9.53 Å². The van der Waals surface area contributed by atoms with E-state index in [9.17, 15) is 22.8 Å². The average molecular weight is 322 g/mol. The molecule has 2 aliphatic heterocycles. The molecule has 2 amide bonds. The van der Waals surface area contributed by atoms with Gasteiger partial charge in [-0.3, -0.25) is 9.69 Å². The molecule has 0 radical (unpaired) electrons. The number of hydrogen-bond acceptors (Lipinski definition) is 3. The van der Waals surface area contributed by atoms with Gasteiger partial charge in [0.1, 0.15) is 6.04 Å². The largest absolute Gasteiger partial charge is 0.440 e. The summed E-state index contributed by atoms with van der Waals surface area (Å²) in [4.78, 5) is 27.3.